The maximum atomic E-state index is 12.5. The number of alkyl halides is 2. The zero-order valence-corrected chi connectivity index (χ0v) is 33.7. The van der Waals surface area contributed by atoms with E-state index in [4.69, 9.17) is 23.7 Å². The van der Waals surface area contributed by atoms with Crippen LogP contribution in [0.2, 0.25) is 0 Å². The first kappa shape index (κ1) is 50.3. The molecule has 0 bridgehead atoms. The van der Waals surface area contributed by atoms with E-state index in [-0.39, 0.29) is 17.1 Å². The number of ether oxygens (including phenoxy) is 5. The third-order valence-electron chi connectivity index (χ3n) is 4.45. The fourth-order valence-electron chi connectivity index (χ4n) is 2.79. The van der Waals surface area contributed by atoms with Gasteiger partial charge in [-0.15, -0.1) is 0 Å². The molecule has 0 radical (unpaired) electrons. The second-order valence-electron chi connectivity index (χ2n) is 9.02. The number of hydrogen-bond acceptors (Lipinski definition) is 7. The van der Waals surface area contributed by atoms with Crippen LogP contribution in [0.15, 0.2) is 24.3 Å². The maximum absolute atomic E-state index is 12.5. The first-order valence-electron chi connectivity index (χ1n) is 16.3. The molecule has 10 heteroatoms. The van der Waals surface area contributed by atoms with Gasteiger partial charge in [0.25, 0.3) is 0 Å². The van der Waals surface area contributed by atoms with Gasteiger partial charge in [-0.25, -0.2) is 0 Å². The zero-order chi connectivity index (χ0) is 34.4. The molecule has 0 N–H and O–H groups in total. The van der Waals surface area contributed by atoms with Crippen LogP contribution in [0, 0.1) is 5.92 Å². The van der Waals surface area contributed by atoms with E-state index in [1.54, 1.807) is 46.9 Å². The summed E-state index contributed by atoms with van der Waals surface area (Å²) >= 11 is 0.891. The minimum absolute atomic E-state index is 0.124. The van der Waals surface area contributed by atoms with Crippen LogP contribution in [0.4, 0.5) is 9.18 Å². The molecule has 1 aromatic rings. The van der Waals surface area contributed by atoms with Gasteiger partial charge in [-0.1, -0.05) is 62.3 Å². The van der Waals surface area contributed by atoms with Crippen LogP contribution >= 0.6 is 22.6 Å². The molecule has 1 rings (SSSR count). The van der Waals surface area contributed by atoms with E-state index in [1.807, 2.05) is 41.5 Å². The Morgan fingerprint density at radius 3 is 1.91 bits per heavy atom. The first-order valence-corrected chi connectivity index (χ1v) is 20.0. The van der Waals surface area contributed by atoms with E-state index in [0.29, 0.717) is 57.2 Å². The third kappa shape index (κ3) is 39.5. The van der Waals surface area contributed by atoms with Crippen molar-refractivity contribution in [3.63, 3.8) is 0 Å². The van der Waals surface area contributed by atoms with E-state index in [1.165, 1.54) is 0 Å². The Morgan fingerprint density at radius 2 is 1.39 bits per heavy atom. The van der Waals surface area contributed by atoms with Crippen molar-refractivity contribution in [2.75, 3.05) is 57.4 Å². The van der Waals surface area contributed by atoms with Crippen LogP contribution in [0.1, 0.15) is 112 Å². The summed E-state index contributed by atoms with van der Waals surface area (Å²) in [5.74, 6) is 1.39. The normalized spacial score (nSPS) is 10.5. The van der Waals surface area contributed by atoms with Crippen molar-refractivity contribution in [2.45, 2.75) is 107 Å². The summed E-state index contributed by atoms with van der Waals surface area (Å²) in [5.41, 5.74) is 0.617. The van der Waals surface area contributed by atoms with E-state index in [0.717, 1.165) is 36.2 Å². The summed E-state index contributed by atoms with van der Waals surface area (Å²) in [7, 11) is 0. The van der Waals surface area contributed by atoms with Gasteiger partial charge in [-0.2, -0.15) is 0 Å². The molecule has 7 nitrogen and oxygen atoms in total. The van der Waals surface area contributed by atoms with Crippen molar-refractivity contribution in [3.05, 3.63) is 29.8 Å². The average molecular weight is 858 g/mol. The Bertz CT molecular complexity index is 722. The van der Waals surface area contributed by atoms with Crippen molar-refractivity contribution in [3.8, 4) is 5.75 Å². The van der Waals surface area contributed by atoms with Crippen molar-refractivity contribution < 1.29 is 58.9 Å². The second-order valence-corrected chi connectivity index (χ2v) is 12.7. The molecule has 0 spiro atoms. The summed E-state index contributed by atoms with van der Waals surface area (Å²) in [4.78, 5) is 23.9. The van der Waals surface area contributed by atoms with E-state index in [9.17, 15) is 14.0 Å². The van der Waals surface area contributed by atoms with Crippen LogP contribution in [0.25, 0.3) is 0 Å². The molecule has 0 amide bonds. The predicted molar refractivity (Wildman–Crippen MR) is 187 cm³/mol. The average Bonchev–Trinajstić information content (AvgIpc) is 3.03. The molecule has 0 aromatic heterocycles. The van der Waals surface area contributed by atoms with Gasteiger partial charge in [-0.05, 0) is 5.92 Å². The Labute approximate surface area is 293 Å². The SMILES string of the molecule is CC.CC.CC.CC(C)C.CCCOCCOCCOCC[I-]C(=O)c1cccc(OCC(CCCCCF)OC(=O)I)c1. The van der Waals surface area contributed by atoms with Crippen molar-refractivity contribution in [1.29, 1.82) is 0 Å². The second kappa shape index (κ2) is 42.4. The molecule has 0 aliphatic rings. The molecule has 0 aliphatic carbocycles. The van der Waals surface area contributed by atoms with Crippen LogP contribution in [-0.4, -0.2) is 71.2 Å². The quantitative estimate of drug-likeness (QED) is 0.0540. The molecule has 0 saturated heterocycles. The summed E-state index contributed by atoms with van der Waals surface area (Å²) in [6.07, 6.45) is 3.21. The molecule has 1 aromatic carbocycles. The Balaban J connectivity index is -0.000000709. The molecule has 1 atom stereocenters. The monoisotopic (exact) mass is 857 g/mol. The van der Waals surface area contributed by atoms with E-state index < -0.39 is 31.3 Å². The predicted octanol–water partition coefficient (Wildman–Crippen LogP) is 6.97. The fraction of sp³-hybridized carbons (Fsp3) is 0.765. The topological polar surface area (TPSA) is 80.3 Å². The van der Waals surface area contributed by atoms with Gasteiger partial charge < -0.3 is 0 Å². The van der Waals surface area contributed by atoms with Gasteiger partial charge in [0.15, 0.2) is 0 Å². The first-order chi connectivity index (χ1) is 21.3. The van der Waals surface area contributed by atoms with Crippen molar-refractivity contribution in [2.24, 2.45) is 5.92 Å². The van der Waals surface area contributed by atoms with Crippen LogP contribution in [-0.2, 0) is 18.9 Å². The molecular weight excluding hydrogens is 793 g/mol. The Morgan fingerprint density at radius 1 is 0.841 bits per heavy atom. The fourth-order valence-corrected chi connectivity index (χ4v) is 4.95. The Kier molecular flexibility index (Phi) is 48.5. The number of unbranched alkanes of at least 4 members (excludes halogenated alkanes) is 2. The van der Waals surface area contributed by atoms with Crippen molar-refractivity contribution >= 4 is 30.4 Å². The number of hydrogen-bond donors (Lipinski definition) is 0. The molecule has 0 saturated carbocycles. The molecule has 264 valence electrons. The van der Waals surface area contributed by atoms with E-state index >= 15 is 0 Å². The number of carbonyl (C=O) groups is 2. The molecule has 0 heterocycles. The summed E-state index contributed by atoms with van der Waals surface area (Å²) in [6.45, 7) is 23.9. The van der Waals surface area contributed by atoms with Crippen molar-refractivity contribution in [1.82, 2.24) is 0 Å². The van der Waals surface area contributed by atoms with Gasteiger partial charge in [0, 0.05) is 0 Å². The molecular formula is C34H64FI2O7-. The summed E-state index contributed by atoms with van der Waals surface area (Å²) in [6, 6.07) is 7.06. The van der Waals surface area contributed by atoms with Gasteiger partial charge in [0.1, 0.15) is 0 Å². The summed E-state index contributed by atoms with van der Waals surface area (Å²) < 4.78 is 40.1. The number of benzene rings is 1. The number of carbonyl (C=O) groups excluding carboxylic acids is 2. The molecule has 44 heavy (non-hydrogen) atoms. The zero-order valence-electron chi connectivity index (χ0n) is 29.4. The molecule has 0 aliphatic heterocycles. The van der Waals surface area contributed by atoms with Gasteiger partial charge >= 0.3 is 223 Å². The van der Waals surface area contributed by atoms with Crippen LogP contribution in [0.5, 0.6) is 5.75 Å². The summed E-state index contributed by atoms with van der Waals surface area (Å²) in [5, 5.41) is 0. The van der Waals surface area contributed by atoms with E-state index in [2.05, 4.69) is 27.7 Å². The van der Waals surface area contributed by atoms with Gasteiger partial charge in [-0.3, -0.25) is 4.39 Å². The third-order valence-corrected chi connectivity index (χ3v) is 7.00. The number of halogens is 3. The standard InChI is InChI=1S/C24H36FI2O7.C4H10.3C2H6/c1-2-12-30-14-16-32-17-15-31-13-11-27-23(28)20-7-6-9-21(18-20)33-19-22(34-24(26)29)8-4-3-5-10-25;1-4(2)3;3*1-2/h6-7,9,18,22H,2-5,8,10-17,19H2,1H3;4H,1-3H3;3*1-2H3/q-1;;;;. The minimum atomic E-state index is -0.694. The molecule has 0 fully saturated rings. The van der Waals surface area contributed by atoms with Gasteiger partial charge in [0.2, 0.25) is 0 Å². The molecule has 1 unspecified atom stereocenters. The van der Waals surface area contributed by atoms with Crippen LogP contribution in [0.3, 0.4) is 0 Å². The Hall–Kier alpha value is -0.570. The number of rotatable bonds is 22. The van der Waals surface area contributed by atoms with Crippen LogP contribution < -0.4 is 25.9 Å². The van der Waals surface area contributed by atoms with Gasteiger partial charge in [0.05, 0.1) is 0 Å².